The molecule has 46 heavy (non-hydrogen) atoms. The van der Waals surface area contributed by atoms with Crippen LogP contribution in [-0.2, 0) is 16.1 Å². The average Bonchev–Trinajstić information content (AvgIpc) is 3.57. The minimum atomic E-state index is -5.12. The van der Waals surface area contributed by atoms with Gasteiger partial charge in [-0.1, -0.05) is 6.07 Å². The Morgan fingerprint density at radius 1 is 1.07 bits per heavy atom. The zero-order valence-electron chi connectivity index (χ0n) is 25.5. The molecule has 2 unspecified atom stereocenters. The number of alkyl halides is 3. The number of anilines is 1. The Hall–Kier alpha value is -4.90. The second-order valence-electron chi connectivity index (χ2n) is 12.1. The molecule has 6 heterocycles. The van der Waals surface area contributed by atoms with Crippen molar-refractivity contribution in [1.82, 2.24) is 24.5 Å². The number of methoxy groups -OCH3 is 1. The van der Waals surface area contributed by atoms with Gasteiger partial charge in [-0.25, -0.2) is 19.3 Å². The number of pyridine rings is 3. The first-order valence-corrected chi connectivity index (χ1v) is 14.7. The maximum atomic E-state index is 12.7. The highest BCUT2D eigenvalue weighted by Crippen LogP contribution is 2.36. The quantitative estimate of drug-likeness (QED) is 0.238. The van der Waals surface area contributed by atoms with Crippen molar-refractivity contribution in [2.24, 2.45) is 0 Å². The number of halogens is 3. The number of ether oxygens (including phenoxy) is 3. The lowest BCUT2D eigenvalue weighted by Gasteiger charge is -2.41. The predicted octanol–water partition coefficient (Wildman–Crippen LogP) is 4.79. The van der Waals surface area contributed by atoms with Crippen LogP contribution in [0, 0.1) is 11.3 Å². The van der Waals surface area contributed by atoms with Gasteiger partial charge < -0.3 is 19.1 Å². The van der Waals surface area contributed by atoms with Gasteiger partial charge >= 0.3 is 12.1 Å². The van der Waals surface area contributed by atoms with Crippen molar-refractivity contribution in [3.05, 3.63) is 66.2 Å². The van der Waals surface area contributed by atoms with Gasteiger partial charge in [-0.3, -0.25) is 4.90 Å². The Balaban J connectivity index is 1.20. The van der Waals surface area contributed by atoms with Gasteiger partial charge in [0.25, 0.3) is 0 Å². The fourth-order valence-corrected chi connectivity index (χ4v) is 6.15. The lowest BCUT2D eigenvalue weighted by Crippen LogP contribution is -2.53. The maximum Gasteiger partial charge on any atom is 0.490 e. The van der Waals surface area contributed by atoms with Gasteiger partial charge in [0.1, 0.15) is 29.8 Å². The molecule has 240 valence electrons. The summed E-state index contributed by atoms with van der Waals surface area (Å²) in [6.07, 6.45) is 3.57. The van der Waals surface area contributed by atoms with Gasteiger partial charge in [0.2, 0.25) is 5.88 Å². The highest BCUT2D eigenvalue weighted by Gasteiger charge is 2.44. The second kappa shape index (κ2) is 12.1. The van der Waals surface area contributed by atoms with Crippen LogP contribution in [0.3, 0.4) is 0 Å². The topological polar surface area (TPSA) is 118 Å². The van der Waals surface area contributed by atoms with E-state index in [1.165, 1.54) is 30.8 Å². The summed E-state index contributed by atoms with van der Waals surface area (Å²) in [4.78, 5) is 25.4. The van der Waals surface area contributed by atoms with E-state index in [-0.39, 0.29) is 12.4 Å². The summed E-state index contributed by atoms with van der Waals surface area (Å²) in [5.74, 6) is -0.570. The van der Waals surface area contributed by atoms with E-state index in [0.29, 0.717) is 40.2 Å². The van der Waals surface area contributed by atoms with E-state index in [4.69, 9.17) is 14.5 Å². The van der Waals surface area contributed by atoms with Crippen molar-refractivity contribution in [2.75, 3.05) is 31.7 Å². The van der Waals surface area contributed by atoms with Crippen LogP contribution < -0.4 is 14.4 Å². The number of esters is 1. The number of aromatic nitrogens is 4. The number of carbonyl (C=O) groups excluding carboxylic acids is 1. The zero-order valence-corrected chi connectivity index (χ0v) is 25.5. The molecule has 0 N–H and O–H groups in total. The van der Waals surface area contributed by atoms with Crippen LogP contribution in [0.25, 0.3) is 16.6 Å². The molecule has 0 saturated carbocycles. The van der Waals surface area contributed by atoms with E-state index < -0.39 is 17.7 Å². The van der Waals surface area contributed by atoms with Gasteiger partial charge in [-0.05, 0) is 50.5 Å². The van der Waals surface area contributed by atoms with Crippen LogP contribution in [0.4, 0.5) is 19.0 Å². The monoisotopic (exact) mass is 635 g/mol. The van der Waals surface area contributed by atoms with Crippen LogP contribution >= 0.6 is 0 Å². The standard InChI is InChI=1S/C32H32F3N7O4/c1-31(2,46-30(43)32(33,34)35)19-45-25-10-26(29-22(11-36)14-39-41(29)18-25)21-5-8-27(37-13-21)42-23-6-7-24(42)17-40(16-23)15-20-4-9-28(44-3)38-12-20/h4-5,8-10,12-14,18,23-24H,6-7,15-17,19H2,1-3H3. The number of piperazine rings is 1. The summed E-state index contributed by atoms with van der Waals surface area (Å²) < 4.78 is 55.2. The van der Waals surface area contributed by atoms with Gasteiger partial charge in [-0.2, -0.15) is 23.5 Å². The number of hydrogen-bond acceptors (Lipinski definition) is 10. The van der Waals surface area contributed by atoms with E-state index in [9.17, 15) is 23.2 Å². The van der Waals surface area contributed by atoms with Crippen molar-refractivity contribution in [3.8, 4) is 28.8 Å². The Morgan fingerprint density at radius 2 is 1.83 bits per heavy atom. The van der Waals surface area contributed by atoms with E-state index in [1.54, 1.807) is 19.4 Å². The van der Waals surface area contributed by atoms with Gasteiger partial charge in [0, 0.05) is 61.3 Å². The summed E-state index contributed by atoms with van der Waals surface area (Å²) in [5.41, 5.74) is 1.76. The van der Waals surface area contributed by atoms with E-state index in [0.717, 1.165) is 43.9 Å². The molecular weight excluding hydrogens is 603 g/mol. The molecule has 0 amide bonds. The summed E-state index contributed by atoms with van der Waals surface area (Å²) in [5, 5.41) is 14.0. The van der Waals surface area contributed by atoms with Crippen molar-refractivity contribution in [2.45, 2.75) is 57.1 Å². The molecule has 2 atom stereocenters. The Bertz CT molecular complexity index is 1750. The normalized spacial score (nSPS) is 18.4. The third-order valence-corrected chi connectivity index (χ3v) is 8.19. The number of fused-ring (bicyclic) bond motifs is 3. The summed E-state index contributed by atoms with van der Waals surface area (Å²) in [6, 6.07) is 12.3. The Kier molecular flexibility index (Phi) is 8.20. The maximum absolute atomic E-state index is 12.7. The molecule has 0 aliphatic carbocycles. The molecule has 0 radical (unpaired) electrons. The van der Waals surface area contributed by atoms with Gasteiger partial charge in [0.15, 0.2) is 0 Å². The molecule has 4 aromatic heterocycles. The fraction of sp³-hybridized carbons (Fsp3) is 0.406. The number of nitriles is 1. The lowest BCUT2D eigenvalue weighted by atomic mass is 10.0. The predicted molar refractivity (Wildman–Crippen MR) is 160 cm³/mol. The van der Waals surface area contributed by atoms with E-state index in [1.807, 2.05) is 30.5 Å². The number of hydrogen-bond donors (Lipinski definition) is 0. The zero-order chi connectivity index (χ0) is 32.6. The van der Waals surface area contributed by atoms with Gasteiger partial charge in [-0.15, -0.1) is 0 Å². The number of rotatable bonds is 9. The largest absolute Gasteiger partial charge is 0.490 e. The molecule has 2 aliphatic heterocycles. The van der Waals surface area contributed by atoms with Gasteiger partial charge in [0.05, 0.1) is 30.6 Å². The van der Waals surface area contributed by atoms with Crippen molar-refractivity contribution >= 4 is 17.3 Å². The van der Waals surface area contributed by atoms with E-state index in [2.05, 4.69) is 30.7 Å². The summed E-state index contributed by atoms with van der Waals surface area (Å²) >= 11 is 0. The molecule has 2 aliphatic rings. The first-order valence-electron chi connectivity index (χ1n) is 14.7. The smallest absolute Gasteiger partial charge is 0.488 e. The lowest BCUT2D eigenvalue weighted by molar-refractivity contribution is -0.213. The first-order chi connectivity index (χ1) is 21.9. The van der Waals surface area contributed by atoms with Crippen molar-refractivity contribution < 1.29 is 32.2 Å². The molecule has 0 spiro atoms. The molecule has 0 aromatic carbocycles. The molecule has 2 saturated heterocycles. The fourth-order valence-electron chi connectivity index (χ4n) is 6.15. The summed E-state index contributed by atoms with van der Waals surface area (Å²) in [7, 11) is 1.60. The Morgan fingerprint density at radius 3 is 2.43 bits per heavy atom. The highest BCUT2D eigenvalue weighted by atomic mass is 19.4. The van der Waals surface area contributed by atoms with Crippen LogP contribution in [0.15, 0.2) is 55.1 Å². The number of nitrogens with zero attached hydrogens (tertiary/aromatic N) is 7. The highest BCUT2D eigenvalue weighted by molar-refractivity contribution is 5.85. The van der Waals surface area contributed by atoms with Crippen molar-refractivity contribution in [1.29, 1.82) is 5.26 Å². The minimum absolute atomic E-state index is 0.261. The van der Waals surface area contributed by atoms with Crippen molar-refractivity contribution in [3.63, 3.8) is 0 Å². The molecule has 14 heteroatoms. The SMILES string of the molecule is COc1ccc(CN2CC3CCC(C2)N3c2ccc(-c3cc(OCC(C)(C)OC(=O)C(F)(F)F)cn4ncc(C#N)c34)cn2)cn1. The average molecular weight is 636 g/mol. The second-order valence-corrected chi connectivity index (χ2v) is 12.1. The Labute approximate surface area is 263 Å². The van der Waals surface area contributed by atoms with Crippen LogP contribution in [0.5, 0.6) is 11.6 Å². The number of likely N-dealkylation sites (tertiary alicyclic amines) is 1. The molecule has 2 fully saturated rings. The molecule has 4 aromatic rings. The van der Waals surface area contributed by atoms with E-state index >= 15 is 0 Å². The van der Waals surface area contributed by atoms with Crippen LogP contribution in [0.2, 0.25) is 0 Å². The molecule has 2 bridgehead atoms. The molecule has 6 rings (SSSR count). The third-order valence-electron chi connectivity index (χ3n) is 8.19. The summed E-state index contributed by atoms with van der Waals surface area (Å²) in [6.45, 7) is 4.91. The molecular formula is C32H32F3N7O4. The number of carbonyl (C=O) groups is 1. The van der Waals surface area contributed by atoms with Crippen LogP contribution in [0.1, 0.15) is 37.8 Å². The third kappa shape index (κ3) is 6.41. The van der Waals surface area contributed by atoms with Crippen LogP contribution in [-0.4, -0.2) is 81.1 Å². The first kappa shape index (κ1) is 31.1. The molecule has 11 nitrogen and oxygen atoms in total. The minimum Gasteiger partial charge on any atom is -0.488 e.